The molecule has 4 aromatic heterocycles. The molecule has 0 aliphatic carbocycles. The van der Waals surface area contributed by atoms with Crippen molar-refractivity contribution in [1.82, 2.24) is 44.5 Å². The van der Waals surface area contributed by atoms with Crippen LogP contribution in [0, 0.1) is 41.5 Å². The normalized spacial score (nSPS) is 16.2. The molecule has 2 aliphatic heterocycles. The summed E-state index contributed by atoms with van der Waals surface area (Å²) in [5, 5.41) is 11.3. The quantitative estimate of drug-likeness (QED) is 0.0760. The minimum absolute atomic E-state index is 0.0371. The van der Waals surface area contributed by atoms with Crippen LogP contribution in [0.5, 0.6) is 0 Å². The molecule has 2 atom stereocenters. The maximum atomic E-state index is 13.0. The predicted octanol–water partition coefficient (Wildman–Crippen LogP) is 7.20. The highest BCUT2D eigenvalue weighted by Crippen LogP contribution is 2.30. The molecule has 15 heteroatoms. The Morgan fingerprint density at radius 2 is 1.14 bits per heavy atom. The summed E-state index contributed by atoms with van der Waals surface area (Å²) in [5.41, 5.74) is 13.8. The Labute approximate surface area is 379 Å². The number of pyridine rings is 2. The van der Waals surface area contributed by atoms with Gasteiger partial charge in [0.25, 0.3) is 5.91 Å². The van der Waals surface area contributed by atoms with Crippen LogP contribution in [-0.4, -0.2) is 81.0 Å². The molecule has 2 saturated heterocycles. The van der Waals surface area contributed by atoms with Crippen molar-refractivity contribution in [3.63, 3.8) is 0 Å². The van der Waals surface area contributed by atoms with E-state index in [2.05, 4.69) is 25.4 Å². The highest BCUT2D eigenvalue weighted by Gasteiger charge is 2.32. The van der Waals surface area contributed by atoms with E-state index in [1.807, 2.05) is 130 Å². The van der Waals surface area contributed by atoms with E-state index in [4.69, 9.17) is 10.9 Å². The molecular formula is C50H56N10O5. The molecule has 2 fully saturated rings. The monoisotopic (exact) mass is 876 g/mol. The van der Waals surface area contributed by atoms with Crippen molar-refractivity contribution in [2.24, 2.45) is 5.84 Å². The van der Waals surface area contributed by atoms with Crippen molar-refractivity contribution in [2.75, 3.05) is 13.1 Å². The lowest BCUT2D eigenvalue weighted by Crippen LogP contribution is -2.50. The Morgan fingerprint density at radius 3 is 1.60 bits per heavy atom. The lowest BCUT2D eigenvalue weighted by molar-refractivity contribution is -0.143. The van der Waals surface area contributed by atoms with Crippen LogP contribution in [0.1, 0.15) is 93.9 Å². The molecule has 65 heavy (non-hydrogen) atoms. The minimum Gasteiger partial charge on any atom is -0.478 e. The summed E-state index contributed by atoms with van der Waals surface area (Å²) in [4.78, 5) is 65.1. The molecule has 0 bridgehead atoms. The predicted molar refractivity (Wildman–Crippen MR) is 249 cm³/mol. The third-order valence-electron chi connectivity index (χ3n) is 11.2. The summed E-state index contributed by atoms with van der Waals surface area (Å²) in [6.07, 6.45) is 16.5. The van der Waals surface area contributed by atoms with Crippen LogP contribution in [0.15, 0.2) is 110 Å². The van der Waals surface area contributed by atoms with Gasteiger partial charge in [-0.15, -0.1) is 0 Å². The number of nitrogens with zero attached hydrogens (tertiary/aromatic N) is 8. The van der Waals surface area contributed by atoms with Crippen molar-refractivity contribution >= 4 is 35.8 Å². The number of aliphatic carboxylic acids is 1. The van der Waals surface area contributed by atoms with E-state index in [1.165, 1.54) is 27.7 Å². The number of piperidine rings is 2. The Balaban J connectivity index is 0.000000178. The molecule has 0 saturated carbocycles. The zero-order valence-corrected chi connectivity index (χ0v) is 37.7. The first-order valence-corrected chi connectivity index (χ1v) is 21.5. The van der Waals surface area contributed by atoms with Gasteiger partial charge in [-0.1, -0.05) is 48.5 Å². The summed E-state index contributed by atoms with van der Waals surface area (Å²) in [7, 11) is 0. The smallest absolute Gasteiger partial charge is 0.328 e. The fraction of sp³-hybridized carbons (Fsp3) is 0.280. The molecule has 336 valence electrons. The second kappa shape index (κ2) is 21.7. The SMILES string of the molecule is Cc1ccccc1C1CCCN(N)C1=O.Cc1cn(-c2ccc(/C=C/C(=O)NN3CCCC(c4ccccc4C)C3=O)nc2C)cn1.Cc1cn(-c2ccc(/C=C/C(=O)O)nc2C)cn1. The molecule has 6 aromatic rings. The number of aromatic nitrogens is 6. The van der Waals surface area contributed by atoms with E-state index >= 15 is 0 Å². The average Bonchev–Trinajstić information content (AvgIpc) is 3.92. The van der Waals surface area contributed by atoms with Crippen molar-refractivity contribution in [3.8, 4) is 11.4 Å². The maximum absolute atomic E-state index is 13.0. The molecule has 8 rings (SSSR count). The van der Waals surface area contributed by atoms with E-state index in [1.54, 1.807) is 24.8 Å². The number of carbonyl (C=O) groups is 4. The topological polar surface area (TPSA) is 194 Å². The lowest BCUT2D eigenvalue weighted by Gasteiger charge is -2.32. The first-order valence-electron chi connectivity index (χ1n) is 21.5. The number of carboxylic acids is 1. The Kier molecular flexibility index (Phi) is 15.7. The number of hydrogen-bond acceptors (Lipinski definition) is 9. The first-order chi connectivity index (χ1) is 31.2. The van der Waals surface area contributed by atoms with Gasteiger partial charge in [-0.05, 0) is 126 Å². The zero-order chi connectivity index (χ0) is 46.6. The Morgan fingerprint density at radius 1 is 0.662 bits per heavy atom. The van der Waals surface area contributed by atoms with Gasteiger partial charge in [0.05, 0.1) is 70.0 Å². The third kappa shape index (κ3) is 12.4. The number of nitrogens with one attached hydrogen (secondary N) is 1. The number of hydrogen-bond donors (Lipinski definition) is 3. The minimum atomic E-state index is -0.983. The number of rotatable bonds is 9. The highest BCUT2D eigenvalue weighted by atomic mass is 16.4. The highest BCUT2D eigenvalue weighted by molar-refractivity contribution is 5.94. The van der Waals surface area contributed by atoms with Gasteiger partial charge in [0.2, 0.25) is 11.8 Å². The fourth-order valence-electron chi connectivity index (χ4n) is 7.89. The average molecular weight is 877 g/mol. The van der Waals surface area contributed by atoms with Gasteiger partial charge in [-0.3, -0.25) is 39.8 Å². The van der Waals surface area contributed by atoms with Crippen molar-refractivity contribution in [2.45, 2.75) is 79.1 Å². The van der Waals surface area contributed by atoms with Crippen LogP contribution in [0.3, 0.4) is 0 Å². The summed E-state index contributed by atoms with van der Waals surface area (Å²) >= 11 is 0. The molecule has 2 aromatic carbocycles. The largest absolute Gasteiger partial charge is 0.478 e. The molecule has 4 N–H and O–H groups in total. The fourth-order valence-corrected chi connectivity index (χ4v) is 7.89. The van der Waals surface area contributed by atoms with Crippen LogP contribution < -0.4 is 11.3 Å². The van der Waals surface area contributed by atoms with Crippen LogP contribution in [0.25, 0.3) is 23.5 Å². The Hall–Kier alpha value is -7.52. The van der Waals surface area contributed by atoms with Gasteiger partial charge in [0.15, 0.2) is 0 Å². The van der Waals surface area contributed by atoms with Gasteiger partial charge < -0.3 is 14.2 Å². The number of hydrazine groups is 2. The van der Waals surface area contributed by atoms with Gasteiger partial charge in [0.1, 0.15) is 0 Å². The number of amides is 3. The standard InChI is InChI=1S/C25H27N5O2.C13H13N3O2.C12H16N2O/c1-17-7-4-5-8-21(17)22-9-6-14-30(25(22)32)28-24(31)13-11-20-10-12-23(19(3)27-20)29-15-18(2)26-16-29;1-9-7-16(8-14-9)12-5-3-11(15-10(12)2)4-6-13(17)18;1-9-5-2-3-6-10(9)11-7-4-8-14(13)12(11)15/h4-5,7-8,10-13,15-16,22H,6,9,14H2,1-3H3,(H,28,31);3-8H,1-2H3,(H,17,18);2-3,5-6,11H,4,7-8,13H2,1H3/b13-11+;6-4+;. The molecule has 0 spiro atoms. The molecule has 6 heterocycles. The maximum Gasteiger partial charge on any atom is 0.328 e. The molecule has 15 nitrogen and oxygen atoms in total. The molecule has 3 amide bonds. The zero-order valence-electron chi connectivity index (χ0n) is 37.7. The van der Waals surface area contributed by atoms with E-state index in [-0.39, 0.29) is 29.6 Å². The van der Waals surface area contributed by atoms with E-state index in [0.717, 1.165) is 82.6 Å². The van der Waals surface area contributed by atoms with Gasteiger partial charge in [0, 0.05) is 37.6 Å². The number of carbonyl (C=O) groups excluding carboxylic acids is 3. The van der Waals surface area contributed by atoms with Crippen molar-refractivity contribution < 1.29 is 24.3 Å². The second-order valence-electron chi connectivity index (χ2n) is 16.1. The van der Waals surface area contributed by atoms with E-state index in [9.17, 15) is 19.2 Å². The third-order valence-corrected chi connectivity index (χ3v) is 11.2. The number of nitrogens with two attached hydrogens (primary N) is 1. The van der Waals surface area contributed by atoms with Gasteiger partial charge in [-0.2, -0.15) is 0 Å². The number of benzene rings is 2. The van der Waals surface area contributed by atoms with Gasteiger partial charge >= 0.3 is 5.97 Å². The van der Waals surface area contributed by atoms with Crippen LogP contribution in [0.2, 0.25) is 0 Å². The van der Waals surface area contributed by atoms with E-state index in [0.29, 0.717) is 24.5 Å². The number of aryl methyl sites for hydroxylation is 6. The van der Waals surface area contributed by atoms with Gasteiger partial charge in [-0.25, -0.2) is 20.6 Å². The summed E-state index contributed by atoms with van der Waals surface area (Å²) in [6, 6.07) is 23.4. The molecule has 2 unspecified atom stereocenters. The molecular weight excluding hydrogens is 821 g/mol. The first kappa shape index (κ1) is 47.0. The van der Waals surface area contributed by atoms with E-state index < -0.39 is 5.97 Å². The second-order valence-corrected chi connectivity index (χ2v) is 16.1. The van der Waals surface area contributed by atoms with Crippen LogP contribution in [-0.2, 0) is 19.2 Å². The number of imidazole rings is 2. The lowest BCUT2D eigenvalue weighted by atomic mass is 9.88. The van der Waals surface area contributed by atoms with Crippen molar-refractivity contribution in [3.05, 3.63) is 166 Å². The van der Waals surface area contributed by atoms with Crippen LogP contribution in [0.4, 0.5) is 0 Å². The molecule has 0 radical (unpaired) electrons. The number of carboxylic acid groups (broad SMARTS) is 1. The van der Waals surface area contributed by atoms with Crippen LogP contribution >= 0.6 is 0 Å². The molecule has 2 aliphatic rings. The Bertz CT molecular complexity index is 2720. The summed E-state index contributed by atoms with van der Waals surface area (Å²) in [6.45, 7) is 12.9. The van der Waals surface area contributed by atoms with Crippen molar-refractivity contribution in [1.29, 1.82) is 0 Å². The summed E-state index contributed by atoms with van der Waals surface area (Å²) in [5.74, 6) is 4.03. The summed E-state index contributed by atoms with van der Waals surface area (Å²) < 4.78 is 3.81.